The van der Waals surface area contributed by atoms with Crippen LogP contribution < -0.4 is 0 Å². The SMILES string of the molecule is CC(Cc1ccc(O)cc1)N1CCSCC1CC(=O)O. The Labute approximate surface area is 123 Å². The zero-order valence-electron chi connectivity index (χ0n) is 11.7. The summed E-state index contributed by atoms with van der Waals surface area (Å²) in [7, 11) is 0. The van der Waals surface area contributed by atoms with Crippen molar-refractivity contribution in [2.45, 2.75) is 31.8 Å². The minimum Gasteiger partial charge on any atom is -0.508 e. The Balaban J connectivity index is 1.99. The van der Waals surface area contributed by atoms with Crippen LogP contribution in [0.1, 0.15) is 18.9 Å². The summed E-state index contributed by atoms with van der Waals surface area (Å²) in [5.41, 5.74) is 1.17. The molecular formula is C15H21NO3S. The molecule has 0 saturated carbocycles. The van der Waals surface area contributed by atoms with Gasteiger partial charge in [-0.05, 0) is 31.0 Å². The minimum atomic E-state index is -0.723. The molecule has 1 aromatic carbocycles. The zero-order chi connectivity index (χ0) is 14.5. The van der Waals surface area contributed by atoms with Gasteiger partial charge in [0.1, 0.15) is 5.75 Å². The molecule has 4 nitrogen and oxygen atoms in total. The number of hydrogen-bond acceptors (Lipinski definition) is 4. The molecule has 5 heteroatoms. The number of rotatable bonds is 5. The topological polar surface area (TPSA) is 60.8 Å². The summed E-state index contributed by atoms with van der Waals surface area (Å²) >= 11 is 1.84. The third-order valence-electron chi connectivity index (χ3n) is 3.72. The third-order valence-corrected chi connectivity index (χ3v) is 4.81. The van der Waals surface area contributed by atoms with Crippen molar-refractivity contribution in [1.82, 2.24) is 4.90 Å². The van der Waals surface area contributed by atoms with Gasteiger partial charge in [0, 0.05) is 30.1 Å². The number of hydrogen-bond donors (Lipinski definition) is 2. The highest BCUT2D eigenvalue weighted by Crippen LogP contribution is 2.23. The lowest BCUT2D eigenvalue weighted by Crippen LogP contribution is -2.49. The van der Waals surface area contributed by atoms with E-state index >= 15 is 0 Å². The molecule has 20 heavy (non-hydrogen) atoms. The molecule has 1 aromatic rings. The van der Waals surface area contributed by atoms with Gasteiger partial charge in [0.05, 0.1) is 6.42 Å². The van der Waals surface area contributed by atoms with Crippen LogP contribution in [0.4, 0.5) is 0 Å². The first-order chi connectivity index (χ1) is 9.56. The molecule has 0 aromatic heterocycles. The summed E-state index contributed by atoms with van der Waals surface area (Å²) in [4.78, 5) is 13.3. The fourth-order valence-electron chi connectivity index (χ4n) is 2.72. The van der Waals surface area contributed by atoms with Gasteiger partial charge in [0.2, 0.25) is 0 Å². The Kier molecular flexibility index (Phi) is 5.31. The number of carbonyl (C=O) groups is 1. The van der Waals surface area contributed by atoms with Gasteiger partial charge in [-0.25, -0.2) is 0 Å². The molecule has 0 aliphatic carbocycles. The summed E-state index contributed by atoms with van der Waals surface area (Å²) in [6.07, 6.45) is 1.09. The van der Waals surface area contributed by atoms with Crippen molar-refractivity contribution in [3.8, 4) is 5.75 Å². The van der Waals surface area contributed by atoms with Gasteiger partial charge in [-0.2, -0.15) is 11.8 Å². The molecule has 1 aliphatic heterocycles. The molecule has 1 aliphatic rings. The predicted octanol–water partition coefficient (Wildman–Crippen LogP) is 2.22. The summed E-state index contributed by atoms with van der Waals surface area (Å²) in [5.74, 6) is 1.52. The fraction of sp³-hybridized carbons (Fsp3) is 0.533. The molecule has 2 N–H and O–H groups in total. The Hall–Kier alpha value is -1.20. The summed E-state index contributed by atoms with van der Waals surface area (Å²) in [6, 6.07) is 7.68. The second-order valence-corrected chi connectivity index (χ2v) is 6.43. The van der Waals surface area contributed by atoms with Gasteiger partial charge >= 0.3 is 5.97 Å². The van der Waals surface area contributed by atoms with Crippen LogP contribution >= 0.6 is 11.8 Å². The van der Waals surface area contributed by atoms with E-state index in [-0.39, 0.29) is 18.2 Å². The third kappa shape index (κ3) is 4.15. The van der Waals surface area contributed by atoms with E-state index in [4.69, 9.17) is 5.11 Å². The van der Waals surface area contributed by atoms with E-state index in [1.165, 1.54) is 5.56 Å². The first kappa shape index (κ1) is 15.2. The number of benzene rings is 1. The largest absolute Gasteiger partial charge is 0.508 e. The van der Waals surface area contributed by atoms with E-state index < -0.39 is 5.97 Å². The fourth-order valence-corrected chi connectivity index (χ4v) is 3.80. The summed E-state index contributed by atoms with van der Waals surface area (Å²) in [6.45, 7) is 3.10. The number of aliphatic carboxylic acids is 1. The maximum Gasteiger partial charge on any atom is 0.304 e. The Morgan fingerprint density at radius 1 is 1.45 bits per heavy atom. The van der Waals surface area contributed by atoms with Crippen LogP contribution in [0, 0.1) is 0 Å². The smallest absolute Gasteiger partial charge is 0.304 e. The average molecular weight is 295 g/mol. The van der Waals surface area contributed by atoms with Crippen molar-refractivity contribution < 1.29 is 15.0 Å². The van der Waals surface area contributed by atoms with Crippen LogP contribution in [0.15, 0.2) is 24.3 Å². The number of carboxylic acids is 1. The van der Waals surface area contributed by atoms with E-state index in [9.17, 15) is 9.90 Å². The monoisotopic (exact) mass is 295 g/mol. The van der Waals surface area contributed by atoms with Crippen LogP contribution in [-0.2, 0) is 11.2 Å². The second kappa shape index (κ2) is 6.99. The molecule has 0 amide bonds. The molecule has 0 spiro atoms. The van der Waals surface area contributed by atoms with E-state index in [2.05, 4.69) is 11.8 Å². The van der Waals surface area contributed by atoms with Crippen LogP contribution in [0.5, 0.6) is 5.75 Å². The lowest BCUT2D eigenvalue weighted by Gasteiger charge is -2.39. The minimum absolute atomic E-state index is 0.123. The average Bonchev–Trinajstić information content (AvgIpc) is 2.41. The molecule has 0 radical (unpaired) electrons. The Morgan fingerprint density at radius 2 is 2.15 bits per heavy atom. The molecule has 2 rings (SSSR count). The highest BCUT2D eigenvalue weighted by molar-refractivity contribution is 7.99. The highest BCUT2D eigenvalue weighted by atomic mass is 32.2. The molecule has 1 saturated heterocycles. The van der Waals surface area contributed by atoms with E-state index in [0.29, 0.717) is 6.04 Å². The van der Waals surface area contributed by atoms with Crippen LogP contribution in [0.25, 0.3) is 0 Å². The molecule has 1 fully saturated rings. The van der Waals surface area contributed by atoms with Crippen molar-refractivity contribution in [1.29, 1.82) is 0 Å². The van der Waals surface area contributed by atoms with Crippen LogP contribution in [0.2, 0.25) is 0 Å². The number of phenols is 1. The van der Waals surface area contributed by atoms with Crippen molar-refractivity contribution in [2.75, 3.05) is 18.1 Å². The predicted molar refractivity (Wildman–Crippen MR) is 81.3 cm³/mol. The molecule has 2 unspecified atom stereocenters. The van der Waals surface area contributed by atoms with Crippen molar-refractivity contribution in [3.63, 3.8) is 0 Å². The normalized spacial score (nSPS) is 21.6. The first-order valence-electron chi connectivity index (χ1n) is 6.89. The quantitative estimate of drug-likeness (QED) is 0.872. The summed E-state index contributed by atoms with van der Waals surface area (Å²) < 4.78 is 0. The molecule has 110 valence electrons. The van der Waals surface area contributed by atoms with Crippen molar-refractivity contribution >= 4 is 17.7 Å². The van der Waals surface area contributed by atoms with Crippen LogP contribution in [0.3, 0.4) is 0 Å². The number of carboxylic acid groups (broad SMARTS) is 1. The van der Waals surface area contributed by atoms with E-state index in [1.54, 1.807) is 12.1 Å². The number of aromatic hydroxyl groups is 1. The van der Waals surface area contributed by atoms with Gasteiger partial charge in [-0.1, -0.05) is 12.1 Å². The van der Waals surface area contributed by atoms with Crippen molar-refractivity contribution in [2.24, 2.45) is 0 Å². The second-order valence-electron chi connectivity index (χ2n) is 5.28. The number of thioether (sulfide) groups is 1. The van der Waals surface area contributed by atoms with Gasteiger partial charge < -0.3 is 10.2 Å². The van der Waals surface area contributed by atoms with Gasteiger partial charge in [0.15, 0.2) is 0 Å². The van der Waals surface area contributed by atoms with E-state index in [0.717, 1.165) is 24.5 Å². The molecule has 0 bridgehead atoms. The number of nitrogens with zero attached hydrogens (tertiary/aromatic N) is 1. The van der Waals surface area contributed by atoms with Gasteiger partial charge in [0.25, 0.3) is 0 Å². The standard InChI is InChI=1S/C15H21NO3S/c1-11(8-12-2-4-14(17)5-3-12)16-6-7-20-10-13(16)9-15(18)19/h2-5,11,13,17H,6-10H2,1H3,(H,18,19). The number of phenolic OH excluding ortho intramolecular Hbond substituents is 1. The molecular weight excluding hydrogens is 274 g/mol. The highest BCUT2D eigenvalue weighted by Gasteiger charge is 2.28. The first-order valence-corrected chi connectivity index (χ1v) is 8.05. The van der Waals surface area contributed by atoms with E-state index in [1.807, 2.05) is 23.9 Å². The maximum atomic E-state index is 11.0. The van der Waals surface area contributed by atoms with Crippen molar-refractivity contribution in [3.05, 3.63) is 29.8 Å². The molecule has 1 heterocycles. The zero-order valence-corrected chi connectivity index (χ0v) is 12.5. The lowest BCUT2D eigenvalue weighted by molar-refractivity contribution is -0.138. The van der Waals surface area contributed by atoms with Gasteiger partial charge in [-0.3, -0.25) is 9.69 Å². The Bertz CT molecular complexity index is 449. The maximum absolute atomic E-state index is 11.0. The molecule has 2 atom stereocenters. The lowest BCUT2D eigenvalue weighted by atomic mass is 10.0. The summed E-state index contributed by atoms with van der Waals surface area (Å²) in [5, 5.41) is 18.3. The Morgan fingerprint density at radius 3 is 2.80 bits per heavy atom. The van der Waals surface area contributed by atoms with Gasteiger partial charge in [-0.15, -0.1) is 0 Å². The van der Waals surface area contributed by atoms with Crippen LogP contribution in [-0.4, -0.2) is 51.2 Å².